The number of rotatable bonds is 3. The second kappa shape index (κ2) is 5.71. The minimum absolute atomic E-state index is 0.416. The highest BCUT2D eigenvalue weighted by Crippen LogP contribution is 2.35. The molecule has 2 rings (SSSR count). The van der Waals surface area contributed by atoms with Crippen LogP contribution in [0.5, 0.6) is 0 Å². The van der Waals surface area contributed by atoms with Crippen LogP contribution in [0, 0.1) is 0 Å². The van der Waals surface area contributed by atoms with Gasteiger partial charge in [-0.05, 0) is 53.5 Å². The third kappa shape index (κ3) is 3.63. The average Bonchev–Trinajstić information content (AvgIpc) is 2.80. The molecule has 1 aromatic rings. The lowest BCUT2D eigenvalue weighted by Gasteiger charge is -2.25. The van der Waals surface area contributed by atoms with Gasteiger partial charge in [0.2, 0.25) is 0 Å². The number of likely N-dealkylation sites (N-methyl/N-ethyl adjacent to an activating group) is 1. The standard InChI is InChI=1S/C13H16BrF3N2/c1-19(8-10-3-2-6-18-10)12-5-4-9(7-11(12)14)13(15,16)17/h4-5,7,10,18H,2-3,6,8H2,1H3. The summed E-state index contributed by atoms with van der Waals surface area (Å²) < 4.78 is 38.2. The van der Waals surface area contributed by atoms with Gasteiger partial charge in [-0.2, -0.15) is 13.2 Å². The quantitative estimate of drug-likeness (QED) is 0.906. The highest BCUT2D eigenvalue weighted by atomic mass is 79.9. The van der Waals surface area contributed by atoms with Crippen LogP contribution < -0.4 is 10.2 Å². The second-order valence-electron chi connectivity index (χ2n) is 4.84. The van der Waals surface area contributed by atoms with Crippen LogP contribution in [-0.2, 0) is 6.18 Å². The highest BCUT2D eigenvalue weighted by Gasteiger charge is 2.31. The predicted octanol–water partition coefficient (Wildman–Crippen LogP) is 3.66. The normalized spacial score (nSPS) is 19.7. The Morgan fingerprint density at radius 1 is 1.42 bits per heavy atom. The molecule has 1 aliphatic rings. The van der Waals surface area contributed by atoms with Gasteiger partial charge < -0.3 is 10.2 Å². The first-order valence-corrected chi connectivity index (χ1v) is 6.98. The van der Waals surface area contributed by atoms with Crippen LogP contribution in [0.1, 0.15) is 18.4 Å². The topological polar surface area (TPSA) is 15.3 Å². The Hall–Kier alpha value is -0.750. The van der Waals surface area contributed by atoms with E-state index >= 15 is 0 Å². The third-order valence-electron chi connectivity index (χ3n) is 3.34. The molecule has 2 nitrogen and oxygen atoms in total. The Bertz CT molecular complexity index is 442. The monoisotopic (exact) mass is 336 g/mol. The summed E-state index contributed by atoms with van der Waals surface area (Å²) in [5, 5.41) is 3.38. The zero-order chi connectivity index (χ0) is 14.0. The molecule has 1 fully saturated rings. The molecule has 0 radical (unpaired) electrons. The van der Waals surface area contributed by atoms with Crippen molar-refractivity contribution in [3.05, 3.63) is 28.2 Å². The molecule has 0 aromatic heterocycles. The fourth-order valence-electron chi connectivity index (χ4n) is 2.33. The van der Waals surface area contributed by atoms with Crippen LogP contribution in [0.4, 0.5) is 18.9 Å². The van der Waals surface area contributed by atoms with Gasteiger partial charge in [-0.25, -0.2) is 0 Å². The van der Waals surface area contributed by atoms with Crippen LogP contribution in [0.3, 0.4) is 0 Å². The summed E-state index contributed by atoms with van der Waals surface area (Å²) in [4.78, 5) is 1.98. The Morgan fingerprint density at radius 2 is 2.16 bits per heavy atom. The van der Waals surface area contributed by atoms with Gasteiger partial charge in [0.15, 0.2) is 0 Å². The molecule has 1 aromatic carbocycles. The van der Waals surface area contributed by atoms with Gasteiger partial charge >= 0.3 is 6.18 Å². The summed E-state index contributed by atoms with van der Waals surface area (Å²) in [6.07, 6.45) is -2.03. The molecular formula is C13H16BrF3N2. The molecule has 1 unspecified atom stereocenters. The Morgan fingerprint density at radius 3 is 2.68 bits per heavy atom. The number of halogens is 4. The maximum atomic E-state index is 12.6. The third-order valence-corrected chi connectivity index (χ3v) is 3.98. The maximum absolute atomic E-state index is 12.6. The van der Waals surface area contributed by atoms with E-state index in [0.717, 1.165) is 43.8 Å². The number of nitrogens with one attached hydrogen (secondary N) is 1. The van der Waals surface area contributed by atoms with E-state index in [4.69, 9.17) is 0 Å². The summed E-state index contributed by atoms with van der Waals surface area (Å²) in [5.74, 6) is 0. The number of nitrogens with zero attached hydrogens (tertiary/aromatic N) is 1. The molecule has 19 heavy (non-hydrogen) atoms. The van der Waals surface area contributed by atoms with Crippen molar-refractivity contribution in [3.8, 4) is 0 Å². The summed E-state index contributed by atoms with van der Waals surface area (Å²) in [5.41, 5.74) is 0.150. The van der Waals surface area contributed by atoms with Crippen molar-refractivity contribution in [3.63, 3.8) is 0 Å². The lowest BCUT2D eigenvalue weighted by molar-refractivity contribution is -0.137. The molecule has 1 heterocycles. The van der Waals surface area contributed by atoms with E-state index in [1.54, 1.807) is 0 Å². The van der Waals surface area contributed by atoms with E-state index in [9.17, 15) is 13.2 Å². The first-order chi connectivity index (χ1) is 8.88. The zero-order valence-corrected chi connectivity index (χ0v) is 12.2. The van der Waals surface area contributed by atoms with Crippen LogP contribution in [0.15, 0.2) is 22.7 Å². The molecule has 0 amide bonds. The minimum Gasteiger partial charge on any atom is -0.372 e. The molecule has 0 bridgehead atoms. The van der Waals surface area contributed by atoms with Gasteiger partial charge in [0, 0.05) is 24.1 Å². The first-order valence-electron chi connectivity index (χ1n) is 6.19. The van der Waals surface area contributed by atoms with E-state index in [1.807, 2.05) is 11.9 Å². The van der Waals surface area contributed by atoms with Gasteiger partial charge in [0.25, 0.3) is 0 Å². The van der Waals surface area contributed by atoms with Crippen LogP contribution in [-0.4, -0.2) is 26.2 Å². The predicted molar refractivity (Wildman–Crippen MR) is 73.4 cm³/mol. The fraction of sp³-hybridized carbons (Fsp3) is 0.538. The number of alkyl halides is 3. The van der Waals surface area contributed by atoms with Crippen molar-refractivity contribution in [2.75, 3.05) is 25.0 Å². The molecule has 0 aliphatic carbocycles. The van der Waals surface area contributed by atoms with Crippen LogP contribution >= 0.6 is 15.9 Å². The molecule has 0 spiro atoms. The average molecular weight is 337 g/mol. The molecule has 1 N–H and O–H groups in total. The SMILES string of the molecule is CN(CC1CCCN1)c1ccc(C(F)(F)F)cc1Br. The largest absolute Gasteiger partial charge is 0.416 e. The van der Waals surface area contributed by atoms with Gasteiger partial charge in [0.05, 0.1) is 11.3 Å². The van der Waals surface area contributed by atoms with Crippen molar-refractivity contribution < 1.29 is 13.2 Å². The van der Waals surface area contributed by atoms with E-state index < -0.39 is 11.7 Å². The van der Waals surface area contributed by atoms with Gasteiger partial charge in [-0.1, -0.05) is 0 Å². The molecule has 0 saturated carbocycles. The van der Waals surface area contributed by atoms with Gasteiger partial charge in [0.1, 0.15) is 0 Å². The van der Waals surface area contributed by atoms with Gasteiger partial charge in [-0.15, -0.1) is 0 Å². The summed E-state index contributed by atoms with van der Waals surface area (Å²) in [7, 11) is 1.90. The first kappa shape index (κ1) is 14.7. The minimum atomic E-state index is -4.30. The lowest BCUT2D eigenvalue weighted by atomic mass is 10.1. The Labute approximate surface area is 119 Å². The summed E-state index contributed by atoms with van der Waals surface area (Å²) in [6, 6.07) is 4.19. The maximum Gasteiger partial charge on any atom is 0.416 e. The van der Waals surface area contributed by atoms with E-state index in [2.05, 4.69) is 21.2 Å². The molecule has 1 saturated heterocycles. The Kier molecular flexibility index (Phi) is 4.40. The number of anilines is 1. The fourth-order valence-corrected chi connectivity index (χ4v) is 3.02. The number of hydrogen-bond donors (Lipinski definition) is 1. The highest BCUT2D eigenvalue weighted by molar-refractivity contribution is 9.10. The van der Waals surface area contributed by atoms with Crippen molar-refractivity contribution in [2.24, 2.45) is 0 Å². The smallest absolute Gasteiger partial charge is 0.372 e. The molecular weight excluding hydrogens is 321 g/mol. The van der Waals surface area contributed by atoms with Crippen molar-refractivity contribution in [1.82, 2.24) is 5.32 Å². The van der Waals surface area contributed by atoms with Crippen LogP contribution in [0.25, 0.3) is 0 Å². The van der Waals surface area contributed by atoms with Crippen molar-refractivity contribution in [2.45, 2.75) is 25.1 Å². The van der Waals surface area contributed by atoms with E-state index in [0.29, 0.717) is 10.5 Å². The van der Waals surface area contributed by atoms with Crippen molar-refractivity contribution in [1.29, 1.82) is 0 Å². The Balaban J connectivity index is 2.11. The molecule has 1 atom stereocenters. The lowest BCUT2D eigenvalue weighted by Crippen LogP contribution is -2.35. The van der Waals surface area contributed by atoms with Crippen LogP contribution in [0.2, 0.25) is 0 Å². The molecule has 106 valence electrons. The van der Waals surface area contributed by atoms with E-state index in [-0.39, 0.29) is 0 Å². The summed E-state index contributed by atoms with van der Waals surface area (Å²) >= 11 is 3.23. The second-order valence-corrected chi connectivity index (χ2v) is 5.69. The number of benzene rings is 1. The summed E-state index contributed by atoms with van der Waals surface area (Å²) in [6.45, 7) is 1.82. The molecule has 1 aliphatic heterocycles. The van der Waals surface area contributed by atoms with Crippen molar-refractivity contribution >= 4 is 21.6 Å². The van der Waals surface area contributed by atoms with E-state index in [1.165, 1.54) is 6.07 Å². The molecule has 6 heteroatoms. The van der Waals surface area contributed by atoms with Gasteiger partial charge in [-0.3, -0.25) is 0 Å². The zero-order valence-electron chi connectivity index (χ0n) is 10.6. The number of hydrogen-bond acceptors (Lipinski definition) is 2.